The van der Waals surface area contributed by atoms with Crippen LogP contribution < -0.4 is 0 Å². The monoisotopic (exact) mass is 286 g/mol. The van der Waals surface area contributed by atoms with Crippen molar-refractivity contribution in [2.24, 2.45) is 0 Å². The van der Waals surface area contributed by atoms with Gasteiger partial charge >= 0.3 is 0 Å². The summed E-state index contributed by atoms with van der Waals surface area (Å²) in [6.07, 6.45) is 7.79. The second kappa shape index (κ2) is 5.96. The molecule has 0 heterocycles. The number of rotatable bonds is 3. The quantitative estimate of drug-likeness (QED) is 0.624. The van der Waals surface area contributed by atoms with E-state index in [1.54, 1.807) is 11.1 Å². The zero-order valence-electron chi connectivity index (χ0n) is 13.0. The van der Waals surface area contributed by atoms with E-state index in [4.69, 9.17) is 0 Å². The van der Waals surface area contributed by atoms with Crippen LogP contribution in [0.2, 0.25) is 0 Å². The minimum atomic E-state index is 1.27. The molecule has 0 bridgehead atoms. The maximum absolute atomic E-state index is 2.28. The third-order valence-electron chi connectivity index (χ3n) is 5.00. The van der Waals surface area contributed by atoms with Gasteiger partial charge in [-0.1, -0.05) is 71.8 Å². The first-order valence-corrected chi connectivity index (χ1v) is 8.49. The third-order valence-corrected chi connectivity index (χ3v) is 5.00. The zero-order valence-corrected chi connectivity index (χ0v) is 13.0. The van der Waals surface area contributed by atoms with Crippen molar-refractivity contribution in [1.82, 2.24) is 0 Å². The summed E-state index contributed by atoms with van der Waals surface area (Å²) >= 11 is 0. The molecule has 0 nitrogen and oxygen atoms in total. The third kappa shape index (κ3) is 2.43. The summed E-state index contributed by atoms with van der Waals surface area (Å²) in [5.41, 5.74) is 9.18. The van der Waals surface area contributed by atoms with Crippen molar-refractivity contribution < 1.29 is 0 Å². The van der Waals surface area contributed by atoms with Crippen LogP contribution in [0.5, 0.6) is 0 Å². The van der Waals surface area contributed by atoms with Gasteiger partial charge in [-0.25, -0.2) is 0 Å². The molecule has 2 aromatic rings. The highest BCUT2D eigenvalue weighted by Gasteiger charge is 2.24. The molecule has 0 aliphatic heterocycles. The van der Waals surface area contributed by atoms with Gasteiger partial charge in [-0.05, 0) is 60.8 Å². The summed E-state index contributed by atoms with van der Waals surface area (Å²) in [7, 11) is 0. The van der Waals surface area contributed by atoms with Crippen LogP contribution >= 0.6 is 0 Å². The lowest BCUT2D eigenvalue weighted by atomic mass is 9.75. The van der Waals surface area contributed by atoms with Crippen LogP contribution in [-0.4, -0.2) is 0 Å². The number of allylic oxidation sites excluding steroid dienone is 4. The molecule has 22 heavy (non-hydrogen) atoms. The van der Waals surface area contributed by atoms with Gasteiger partial charge in [0.1, 0.15) is 0 Å². The van der Waals surface area contributed by atoms with Crippen LogP contribution in [0.3, 0.4) is 0 Å². The van der Waals surface area contributed by atoms with Crippen molar-refractivity contribution in [3.05, 3.63) is 82.9 Å². The summed E-state index contributed by atoms with van der Waals surface area (Å²) in [6.45, 7) is 0. The minimum Gasteiger partial charge on any atom is -0.0622 e. The Bertz CT molecular complexity index is 640. The van der Waals surface area contributed by atoms with Gasteiger partial charge in [0.25, 0.3) is 0 Å². The largest absolute Gasteiger partial charge is 0.0622 e. The summed E-state index contributed by atoms with van der Waals surface area (Å²) in [6, 6.07) is 22.0. The maximum Gasteiger partial charge on any atom is -0.0114 e. The predicted molar refractivity (Wildman–Crippen MR) is 94.4 cm³/mol. The standard InChI is InChI=1S/C22H22/c1-3-9-17(10-4-1)21(19-13-7-14-19)22(20-15-8-16-20)18-11-5-2-6-12-18/h1-6,9-12H,7-8,13-16H2. The Morgan fingerprint density at radius 2 is 0.864 bits per heavy atom. The lowest BCUT2D eigenvalue weighted by Crippen LogP contribution is -2.08. The molecule has 0 amide bonds. The molecular formula is C22H22. The van der Waals surface area contributed by atoms with E-state index in [9.17, 15) is 0 Å². The van der Waals surface area contributed by atoms with Gasteiger partial charge in [-0.15, -0.1) is 0 Å². The summed E-state index contributed by atoms with van der Waals surface area (Å²) in [5.74, 6) is 0. The second-order valence-electron chi connectivity index (χ2n) is 6.40. The summed E-state index contributed by atoms with van der Waals surface area (Å²) < 4.78 is 0. The highest BCUT2D eigenvalue weighted by Crippen LogP contribution is 2.46. The van der Waals surface area contributed by atoms with E-state index in [0.717, 1.165) is 0 Å². The fourth-order valence-electron chi connectivity index (χ4n) is 3.47. The molecule has 4 rings (SSSR count). The molecule has 0 N–H and O–H groups in total. The summed E-state index contributed by atoms with van der Waals surface area (Å²) in [5, 5.41) is 0. The normalized spacial score (nSPS) is 16.7. The lowest BCUT2D eigenvalue weighted by Gasteiger charge is -2.29. The Morgan fingerprint density at radius 3 is 1.14 bits per heavy atom. The highest BCUT2D eigenvalue weighted by atomic mass is 14.3. The molecule has 2 aliphatic carbocycles. The average molecular weight is 286 g/mol. The number of benzene rings is 2. The second-order valence-corrected chi connectivity index (χ2v) is 6.40. The molecule has 110 valence electrons. The van der Waals surface area contributed by atoms with Crippen molar-refractivity contribution in [3.63, 3.8) is 0 Å². The lowest BCUT2D eigenvalue weighted by molar-refractivity contribution is 0.659. The molecule has 2 fully saturated rings. The minimum absolute atomic E-state index is 1.27. The molecule has 2 aromatic carbocycles. The first-order valence-electron chi connectivity index (χ1n) is 8.49. The van der Waals surface area contributed by atoms with Crippen molar-refractivity contribution in [1.29, 1.82) is 0 Å². The van der Waals surface area contributed by atoms with E-state index in [2.05, 4.69) is 60.7 Å². The van der Waals surface area contributed by atoms with Gasteiger partial charge in [-0.3, -0.25) is 0 Å². The zero-order chi connectivity index (χ0) is 14.8. The molecular weight excluding hydrogens is 264 g/mol. The molecule has 2 saturated carbocycles. The Hall–Kier alpha value is -2.08. The van der Waals surface area contributed by atoms with Gasteiger partial charge in [0.2, 0.25) is 0 Å². The first kappa shape index (κ1) is 13.6. The molecule has 0 radical (unpaired) electrons. The van der Waals surface area contributed by atoms with Crippen LogP contribution in [0.4, 0.5) is 0 Å². The molecule has 0 atom stereocenters. The van der Waals surface area contributed by atoms with E-state index in [-0.39, 0.29) is 0 Å². The molecule has 2 aliphatic rings. The molecule has 0 saturated heterocycles. The average Bonchev–Trinajstić information content (AvgIpc) is 2.48. The van der Waals surface area contributed by atoms with Crippen LogP contribution in [0.1, 0.15) is 49.7 Å². The molecule has 0 aromatic heterocycles. The van der Waals surface area contributed by atoms with E-state index < -0.39 is 0 Å². The summed E-state index contributed by atoms with van der Waals surface area (Å²) in [4.78, 5) is 0. The van der Waals surface area contributed by atoms with Gasteiger partial charge in [0, 0.05) is 0 Å². The smallest absolute Gasteiger partial charge is 0.0114 e. The van der Waals surface area contributed by atoms with E-state index in [0.29, 0.717) is 0 Å². The number of hydrogen-bond acceptors (Lipinski definition) is 0. The Kier molecular flexibility index (Phi) is 3.68. The maximum atomic E-state index is 2.28. The molecule has 0 heteroatoms. The van der Waals surface area contributed by atoms with E-state index >= 15 is 0 Å². The Morgan fingerprint density at radius 1 is 0.500 bits per heavy atom. The molecule has 0 spiro atoms. The van der Waals surface area contributed by atoms with Crippen LogP contribution in [0, 0.1) is 0 Å². The van der Waals surface area contributed by atoms with Crippen molar-refractivity contribution >= 4 is 11.1 Å². The Labute approximate surface area is 133 Å². The van der Waals surface area contributed by atoms with E-state index in [1.807, 2.05) is 0 Å². The fourth-order valence-corrected chi connectivity index (χ4v) is 3.47. The van der Waals surface area contributed by atoms with Gasteiger partial charge < -0.3 is 0 Å². The topological polar surface area (TPSA) is 0 Å². The van der Waals surface area contributed by atoms with Crippen molar-refractivity contribution in [3.8, 4) is 0 Å². The highest BCUT2D eigenvalue weighted by molar-refractivity contribution is 6.07. The van der Waals surface area contributed by atoms with E-state index in [1.165, 1.54) is 60.8 Å². The van der Waals surface area contributed by atoms with Gasteiger partial charge in [-0.2, -0.15) is 0 Å². The van der Waals surface area contributed by atoms with Crippen LogP contribution in [0.25, 0.3) is 11.1 Å². The predicted octanol–water partition coefficient (Wildman–Crippen LogP) is 6.26. The first-order chi connectivity index (χ1) is 10.9. The van der Waals surface area contributed by atoms with Crippen LogP contribution in [-0.2, 0) is 0 Å². The number of hydrogen-bond donors (Lipinski definition) is 0. The van der Waals surface area contributed by atoms with Crippen LogP contribution in [0.15, 0.2) is 71.8 Å². The van der Waals surface area contributed by atoms with Crippen molar-refractivity contribution in [2.75, 3.05) is 0 Å². The van der Waals surface area contributed by atoms with Gasteiger partial charge in [0.15, 0.2) is 0 Å². The Balaban J connectivity index is 1.90. The van der Waals surface area contributed by atoms with Gasteiger partial charge in [0.05, 0.1) is 0 Å². The fraction of sp³-hybridized carbons (Fsp3) is 0.273. The SMILES string of the molecule is c1ccc(C(=C2CCC2)C(=C2CCC2)c2ccccc2)cc1. The van der Waals surface area contributed by atoms with Crippen molar-refractivity contribution in [2.45, 2.75) is 38.5 Å². The molecule has 0 unspecified atom stereocenters.